The molecular formula is C15H16INO. The fourth-order valence-corrected chi connectivity index (χ4v) is 2.59. The van der Waals surface area contributed by atoms with Gasteiger partial charge in [-0.2, -0.15) is 0 Å². The highest BCUT2D eigenvalue weighted by Gasteiger charge is 2.12. The summed E-state index contributed by atoms with van der Waals surface area (Å²) in [4.78, 5) is 0. The van der Waals surface area contributed by atoms with E-state index in [1.54, 1.807) is 0 Å². The van der Waals surface area contributed by atoms with Crippen molar-refractivity contribution in [3.8, 4) is 5.75 Å². The Morgan fingerprint density at radius 1 is 1.17 bits per heavy atom. The lowest BCUT2D eigenvalue weighted by Gasteiger charge is -2.15. The highest BCUT2D eigenvalue weighted by molar-refractivity contribution is 14.1. The summed E-state index contributed by atoms with van der Waals surface area (Å²) in [6.45, 7) is 2.65. The second-order valence-corrected chi connectivity index (χ2v) is 5.17. The minimum atomic E-state index is -0.112. The average Bonchev–Trinajstić information content (AvgIpc) is 2.39. The van der Waals surface area contributed by atoms with E-state index in [1.807, 2.05) is 43.3 Å². The van der Waals surface area contributed by atoms with Gasteiger partial charge in [-0.15, -0.1) is 0 Å². The first-order chi connectivity index (χ1) is 8.72. The number of hydrogen-bond donors (Lipinski definition) is 1. The Hall–Kier alpha value is -1.07. The molecule has 3 heteroatoms. The summed E-state index contributed by atoms with van der Waals surface area (Å²) in [5.41, 5.74) is 8.54. The van der Waals surface area contributed by atoms with Crippen molar-refractivity contribution in [3.63, 3.8) is 0 Å². The maximum absolute atomic E-state index is 6.32. The van der Waals surface area contributed by atoms with E-state index in [1.165, 1.54) is 3.57 Å². The molecule has 0 heterocycles. The molecule has 0 bridgehead atoms. The van der Waals surface area contributed by atoms with Gasteiger partial charge in [-0.25, -0.2) is 0 Å². The van der Waals surface area contributed by atoms with Crippen molar-refractivity contribution in [1.82, 2.24) is 0 Å². The monoisotopic (exact) mass is 353 g/mol. The summed E-state index contributed by atoms with van der Waals surface area (Å²) in [7, 11) is 0. The molecule has 2 aromatic carbocycles. The fourth-order valence-electron chi connectivity index (χ4n) is 1.87. The van der Waals surface area contributed by atoms with Crippen molar-refractivity contribution in [1.29, 1.82) is 0 Å². The molecule has 18 heavy (non-hydrogen) atoms. The van der Waals surface area contributed by atoms with Crippen molar-refractivity contribution in [2.75, 3.05) is 6.61 Å². The van der Waals surface area contributed by atoms with Crippen LogP contribution in [0.25, 0.3) is 0 Å². The Bertz CT molecular complexity index is 527. The number of nitrogens with two attached hydrogens (primary N) is 1. The minimum Gasteiger partial charge on any atom is -0.494 e. The van der Waals surface area contributed by atoms with Crippen molar-refractivity contribution < 1.29 is 4.74 Å². The standard InChI is InChI=1S/C15H16INO/c1-2-18-12-7-5-6-11(10-12)15(17)13-8-3-4-9-14(13)16/h3-10,15H,2,17H2,1H3. The normalized spacial score (nSPS) is 12.2. The molecular weight excluding hydrogens is 337 g/mol. The number of rotatable bonds is 4. The second kappa shape index (κ2) is 6.20. The first-order valence-electron chi connectivity index (χ1n) is 5.95. The first-order valence-corrected chi connectivity index (χ1v) is 7.03. The number of ether oxygens (including phenoxy) is 1. The van der Waals surface area contributed by atoms with Crippen LogP contribution in [-0.4, -0.2) is 6.61 Å². The molecule has 0 saturated heterocycles. The van der Waals surface area contributed by atoms with Crippen LogP contribution >= 0.6 is 22.6 Å². The number of benzene rings is 2. The summed E-state index contributed by atoms with van der Waals surface area (Å²) in [6.07, 6.45) is 0. The third-order valence-corrected chi connectivity index (χ3v) is 3.75. The van der Waals surface area contributed by atoms with E-state index in [2.05, 4.69) is 34.7 Å². The lowest BCUT2D eigenvalue weighted by Crippen LogP contribution is -2.13. The van der Waals surface area contributed by atoms with E-state index in [9.17, 15) is 0 Å². The molecule has 0 spiro atoms. The molecule has 2 N–H and O–H groups in total. The van der Waals surface area contributed by atoms with E-state index in [-0.39, 0.29) is 6.04 Å². The predicted octanol–water partition coefficient (Wildman–Crippen LogP) is 3.74. The van der Waals surface area contributed by atoms with Gasteiger partial charge in [0.2, 0.25) is 0 Å². The zero-order chi connectivity index (χ0) is 13.0. The lowest BCUT2D eigenvalue weighted by molar-refractivity contribution is 0.340. The Balaban J connectivity index is 2.31. The fraction of sp³-hybridized carbons (Fsp3) is 0.200. The molecule has 0 saturated carbocycles. The summed E-state index contributed by atoms with van der Waals surface area (Å²) < 4.78 is 6.69. The molecule has 0 aliphatic carbocycles. The summed E-state index contributed by atoms with van der Waals surface area (Å²) in [6, 6.07) is 16.1. The van der Waals surface area contributed by atoms with Gasteiger partial charge >= 0.3 is 0 Å². The van der Waals surface area contributed by atoms with Gasteiger partial charge in [-0.1, -0.05) is 30.3 Å². The molecule has 0 amide bonds. The Morgan fingerprint density at radius 2 is 1.94 bits per heavy atom. The van der Waals surface area contributed by atoms with Crippen LogP contribution in [0.4, 0.5) is 0 Å². The van der Waals surface area contributed by atoms with E-state index in [0.29, 0.717) is 6.61 Å². The van der Waals surface area contributed by atoms with Crippen molar-refractivity contribution in [2.45, 2.75) is 13.0 Å². The molecule has 2 aromatic rings. The Labute approximate surface area is 121 Å². The molecule has 2 rings (SSSR count). The van der Waals surface area contributed by atoms with Crippen LogP contribution in [0, 0.1) is 3.57 Å². The minimum absolute atomic E-state index is 0.112. The van der Waals surface area contributed by atoms with Crippen LogP contribution < -0.4 is 10.5 Å². The van der Waals surface area contributed by atoms with Gasteiger partial charge in [0.1, 0.15) is 5.75 Å². The number of halogens is 1. The summed E-state index contributed by atoms with van der Waals surface area (Å²) in [5.74, 6) is 0.872. The average molecular weight is 353 g/mol. The van der Waals surface area contributed by atoms with Gasteiger partial charge in [-0.3, -0.25) is 0 Å². The van der Waals surface area contributed by atoms with Crippen molar-refractivity contribution in [3.05, 3.63) is 63.2 Å². The van der Waals surface area contributed by atoms with E-state index < -0.39 is 0 Å². The maximum atomic E-state index is 6.32. The smallest absolute Gasteiger partial charge is 0.119 e. The third kappa shape index (κ3) is 3.03. The molecule has 0 aliphatic rings. The van der Waals surface area contributed by atoms with Crippen molar-refractivity contribution in [2.24, 2.45) is 5.73 Å². The molecule has 1 unspecified atom stereocenters. The topological polar surface area (TPSA) is 35.2 Å². The molecule has 94 valence electrons. The van der Waals surface area contributed by atoms with Crippen LogP contribution in [0.1, 0.15) is 24.1 Å². The third-order valence-electron chi connectivity index (χ3n) is 2.77. The predicted molar refractivity (Wildman–Crippen MR) is 82.8 cm³/mol. The molecule has 0 radical (unpaired) electrons. The summed E-state index contributed by atoms with van der Waals surface area (Å²) in [5, 5.41) is 0. The quantitative estimate of drug-likeness (QED) is 0.850. The van der Waals surface area contributed by atoms with Gasteiger partial charge in [0, 0.05) is 3.57 Å². The molecule has 0 fully saturated rings. The lowest BCUT2D eigenvalue weighted by atomic mass is 9.99. The highest BCUT2D eigenvalue weighted by Crippen LogP contribution is 2.26. The van der Waals surface area contributed by atoms with Gasteiger partial charge in [0.05, 0.1) is 12.6 Å². The van der Waals surface area contributed by atoms with Crippen LogP contribution in [-0.2, 0) is 0 Å². The van der Waals surface area contributed by atoms with Crippen LogP contribution in [0.5, 0.6) is 5.75 Å². The molecule has 2 nitrogen and oxygen atoms in total. The van der Waals surface area contributed by atoms with Crippen LogP contribution in [0.15, 0.2) is 48.5 Å². The van der Waals surface area contributed by atoms with E-state index in [4.69, 9.17) is 10.5 Å². The van der Waals surface area contributed by atoms with Crippen LogP contribution in [0.2, 0.25) is 0 Å². The van der Waals surface area contributed by atoms with E-state index >= 15 is 0 Å². The Kier molecular flexibility index (Phi) is 4.60. The molecule has 0 aliphatic heterocycles. The van der Waals surface area contributed by atoms with Gasteiger partial charge in [0.25, 0.3) is 0 Å². The van der Waals surface area contributed by atoms with Gasteiger partial charge in [-0.05, 0) is 58.8 Å². The first kappa shape index (κ1) is 13.4. The van der Waals surface area contributed by atoms with Crippen LogP contribution in [0.3, 0.4) is 0 Å². The maximum Gasteiger partial charge on any atom is 0.119 e. The van der Waals surface area contributed by atoms with E-state index in [0.717, 1.165) is 16.9 Å². The highest BCUT2D eigenvalue weighted by atomic mass is 127. The SMILES string of the molecule is CCOc1cccc(C(N)c2ccccc2I)c1. The second-order valence-electron chi connectivity index (χ2n) is 4.00. The zero-order valence-electron chi connectivity index (χ0n) is 10.3. The molecule has 0 aromatic heterocycles. The largest absolute Gasteiger partial charge is 0.494 e. The zero-order valence-corrected chi connectivity index (χ0v) is 12.4. The summed E-state index contributed by atoms with van der Waals surface area (Å²) >= 11 is 2.32. The number of hydrogen-bond acceptors (Lipinski definition) is 2. The van der Waals surface area contributed by atoms with Gasteiger partial charge in [0.15, 0.2) is 0 Å². The molecule has 1 atom stereocenters. The Morgan fingerprint density at radius 3 is 2.67 bits per heavy atom. The van der Waals surface area contributed by atoms with Crippen molar-refractivity contribution >= 4 is 22.6 Å². The van der Waals surface area contributed by atoms with Gasteiger partial charge < -0.3 is 10.5 Å².